The molecule has 5 atom stereocenters. The van der Waals surface area contributed by atoms with E-state index in [4.69, 9.17) is 4.74 Å². The molecule has 1 aliphatic heterocycles. The van der Waals surface area contributed by atoms with Crippen LogP contribution >= 0.6 is 0 Å². The van der Waals surface area contributed by atoms with E-state index in [-0.39, 0.29) is 30.3 Å². The fourth-order valence-corrected chi connectivity index (χ4v) is 2.70. The van der Waals surface area contributed by atoms with Crippen molar-refractivity contribution < 1.29 is 19.7 Å². The zero-order valence-electron chi connectivity index (χ0n) is 11.7. The molecule has 0 aromatic rings. The van der Waals surface area contributed by atoms with Gasteiger partial charge in [-0.05, 0) is 37.5 Å². The summed E-state index contributed by atoms with van der Waals surface area (Å²) in [7, 11) is 0. The largest absolute Gasteiger partial charge is 0.458 e. The van der Waals surface area contributed by atoms with E-state index in [1.807, 2.05) is 32.9 Å². The van der Waals surface area contributed by atoms with Gasteiger partial charge in [-0.2, -0.15) is 0 Å². The summed E-state index contributed by atoms with van der Waals surface area (Å²) in [5.74, 6) is -0.249. The van der Waals surface area contributed by atoms with Crippen molar-refractivity contribution >= 4 is 5.97 Å². The number of rotatable bonds is 0. The average Bonchev–Trinajstić information content (AvgIpc) is 2.61. The third-order valence-electron chi connectivity index (χ3n) is 4.33. The second kappa shape index (κ2) is 5.47. The van der Waals surface area contributed by atoms with Gasteiger partial charge in [0.25, 0.3) is 0 Å². The van der Waals surface area contributed by atoms with Crippen molar-refractivity contribution in [3.63, 3.8) is 0 Å². The van der Waals surface area contributed by atoms with Gasteiger partial charge in [-0.25, -0.2) is 0 Å². The van der Waals surface area contributed by atoms with Crippen LogP contribution in [0.4, 0.5) is 0 Å². The lowest BCUT2D eigenvalue weighted by molar-refractivity contribution is -0.142. The van der Waals surface area contributed by atoms with Gasteiger partial charge in [0, 0.05) is 12.3 Å². The zero-order chi connectivity index (χ0) is 14.2. The molecule has 0 amide bonds. The Bertz CT molecular complexity index is 424. The van der Waals surface area contributed by atoms with Gasteiger partial charge < -0.3 is 14.9 Å². The molecule has 4 heteroatoms. The van der Waals surface area contributed by atoms with E-state index in [1.54, 1.807) is 0 Å². The highest BCUT2D eigenvalue weighted by molar-refractivity contribution is 5.75. The van der Waals surface area contributed by atoms with Crippen LogP contribution in [0, 0.1) is 11.8 Å². The van der Waals surface area contributed by atoms with Crippen LogP contribution in [0.3, 0.4) is 0 Å². The number of aliphatic hydroxyl groups excluding tert-OH is 2. The molecule has 0 saturated carbocycles. The van der Waals surface area contributed by atoms with Crippen molar-refractivity contribution in [3.8, 4) is 0 Å². The Morgan fingerprint density at radius 3 is 2.53 bits per heavy atom. The topological polar surface area (TPSA) is 66.8 Å². The van der Waals surface area contributed by atoms with Gasteiger partial charge in [-0.15, -0.1) is 0 Å². The first-order valence-electron chi connectivity index (χ1n) is 6.81. The molecule has 0 radical (unpaired) electrons. The van der Waals surface area contributed by atoms with Crippen LogP contribution in [-0.2, 0) is 9.53 Å². The van der Waals surface area contributed by atoms with Gasteiger partial charge in [0.15, 0.2) is 0 Å². The van der Waals surface area contributed by atoms with Crippen LogP contribution in [0.5, 0.6) is 0 Å². The van der Waals surface area contributed by atoms with Gasteiger partial charge in [0.1, 0.15) is 6.10 Å². The van der Waals surface area contributed by atoms with E-state index in [0.29, 0.717) is 6.42 Å². The zero-order valence-corrected chi connectivity index (χ0v) is 11.7. The third kappa shape index (κ3) is 2.90. The first-order valence-corrected chi connectivity index (χ1v) is 6.81. The molecule has 1 fully saturated rings. The number of esters is 1. The number of allylic oxidation sites excluding steroid dienone is 1. The minimum Gasteiger partial charge on any atom is -0.458 e. The van der Waals surface area contributed by atoms with Gasteiger partial charge in [0.2, 0.25) is 0 Å². The second-order valence-electron chi connectivity index (χ2n) is 5.72. The number of hydrogen-bond acceptors (Lipinski definition) is 4. The maximum atomic E-state index is 11.7. The minimum atomic E-state index is -0.702. The summed E-state index contributed by atoms with van der Waals surface area (Å²) in [5, 5.41) is 20.0. The molecular weight excluding hydrogens is 244 g/mol. The molecule has 1 heterocycles. The Balaban J connectivity index is 2.32. The molecule has 0 aromatic carbocycles. The van der Waals surface area contributed by atoms with Gasteiger partial charge >= 0.3 is 5.97 Å². The predicted octanol–water partition coefficient (Wildman–Crippen LogP) is 1.57. The van der Waals surface area contributed by atoms with E-state index in [1.165, 1.54) is 0 Å². The van der Waals surface area contributed by atoms with Gasteiger partial charge in [0.05, 0.1) is 18.1 Å². The molecule has 0 bridgehead atoms. The minimum absolute atomic E-state index is 0.0786. The average molecular weight is 266 g/mol. The number of ether oxygens (including phenoxy) is 1. The van der Waals surface area contributed by atoms with E-state index in [9.17, 15) is 15.0 Å². The predicted molar refractivity (Wildman–Crippen MR) is 71.3 cm³/mol. The quantitative estimate of drug-likeness (QED) is 0.516. The number of carbonyl (C=O) groups is 1. The molecule has 2 rings (SSSR count). The Hall–Kier alpha value is -1.13. The Morgan fingerprint density at radius 2 is 1.84 bits per heavy atom. The summed E-state index contributed by atoms with van der Waals surface area (Å²) in [6.45, 7) is 5.54. The SMILES string of the molecule is C/C1=C/C[C@H]2[C@H](C)C(=O)O[C@@H]2/C=C(\C)[C@@H](O)C[C@@H]1O. The summed E-state index contributed by atoms with van der Waals surface area (Å²) in [6.07, 6.45) is 3.18. The highest BCUT2D eigenvalue weighted by Crippen LogP contribution is 2.34. The van der Waals surface area contributed by atoms with Crippen molar-refractivity contribution in [1.82, 2.24) is 0 Å². The lowest BCUT2D eigenvalue weighted by atomic mass is 9.85. The van der Waals surface area contributed by atoms with Crippen LogP contribution < -0.4 is 0 Å². The van der Waals surface area contributed by atoms with Crippen molar-refractivity contribution in [2.24, 2.45) is 11.8 Å². The second-order valence-corrected chi connectivity index (χ2v) is 5.72. The Kier molecular flexibility index (Phi) is 4.11. The van der Waals surface area contributed by atoms with Gasteiger partial charge in [-0.1, -0.05) is 13.0 Å². The molecule has 2 aliphatic rings. The number of fused-ring (bicyclic) bond motifs is 1. The summed E-state index contributed by atoms with van der Waals surface area (Å²) < 4.78 is 5.37. The highest BCUT2D eigenvalue weighted by atomic mass is 16.6. The smallest absolute Gasteiger partial charge is 0.309 e. The molecule has 106 valence electrons. The molecule has 1 aliphatic carbocycles. The lowest BCUT2D eigenvalue weighted by Gasteiger charge is -2.22. The molecule has 0 unspecified atom stereocenters. The monoisotopic (exact) mass is 266 g/mol. The molecule has 1 saturated heterocycles. The maximum Gasteiger partial charge on any atom is 0.309 e. The van der Waals surface area contributed by atoms with Crippen molar-refractivity contribution in [2.45, 2.75) is 51.9 Å². The lowest BCUT2D eigenvalue weighted by Crippen LogP contribution is -2.24. The van der Waals surface area contributed by atoms with E-state index in [2.05, 4.69) is 0 Å². The molecule has 19 heavy (non-hydrogen) atoms. The van der Waals surface area contributed by atoms with E-state index >= 15 is 0 Å². The highest BCUT2D eigenvalue weighted by Gasteiger charge is 2.40. The van der Waals surface area contributed by atoms with E-state index in [0.717, 1.165) is 11.1 Å². The van der Waals surface area contributed by atoms with Crippen LogP contribution in [-0.4, -0.2) is 34.5 Å². The first-order chi connectivity index (χ1) is 8.90. The molecule has 4 nitrogen and oxygen atoms in total. The fraction of sp³-hybridized carbons (Fsp3) is 0.667. The molecule has 2 N–H and O–H groups in total. The van der Waals surface area contributed by atoms with Crippen LogP contribution in [0.15, 0.2) is 23.3 Å². The van der Waals surface area contributed by atoms with Gasteiger partial charge in [-0.3, -0.25) is 4.79 Å². The number of carbonyl (C=O) groups excluding carboxylic acids is 1. The maximum absolute atomic E-state index is 11.7. The first kappa shape index (κ1) is 14.3. The summed E-state index contributed by atoms with van der Waals surface area (Å²) >= 11 is 0. The summed E-state index contributed by atoms with van der Waals surface area (Å²) in [5.41, 5.74) is 1.60. The Labute approximate surface area is 113 Å². The summed E-state index contributed by atoms with van der Waals surface area (Å²) in [6, 6.07) is 0. The third-order valence-corrected chi connectivity index (χ3v) is 4.33. The number of hydrogen-bond donors (Lipinski definition) is 2. The van der Waals surface area contributed by atoms with E-state index < -0.39 is 12.2 Å². The molecule has 0 spiro atoms. The number of aliphatic hydroxyl groups is 2. The standard InChI is InChI=1S/C15H22O4/c1-8-4-5-11-10(3)15(18)19-14(11)6-9(2)13(17)7-12(8)16/h4,6,10-14,16-17H,5,7H2,1-3H3/b8-4-,9-6+/t10-,11-,12-,13-,14+/m0/s1. The normalized spacial score (nSPS) is 45.5. The Morgan fingerprint density at radius 1 is 1.21 bits per heavy atom. The van der Waals surface area contributed by atoms with Crippen molar-refractivity contribution in [1.29, 1.82) is 0 Å². The van der Waals surface area contributed by atoms with Crippen molar-refractivity contribution in [2.75, 3.05) is 0 Å². The molecule has 0 aromatic heterocycles. The van der Waals surface area contributed by atoms with Crippen LogP contribution in [0.1, 0.15) is 33.6 Å². The summed E-state index contributed by atoms with van der Waals surface area (Å²) in [4.78, 5) is 11.7. The molecular formula is C15H22O4. The fourth-order valence-electron chi connectivity index (χ4n) is 2.70. The van der Waals surface area contributed by atoms with Crippen LogP contribution in [0.2, 0.25) is 0 Å². The van der Waals surface area contributed by atoms with Crippen LogP contribution in [0.25, 0.3) is 0 Å². The van der Waals surface area contributed by atoms with Crippen molar-refractivity contribution in [3.05, 3.63) is 23.3 Å².